The maximum Gasteiger partial charge on any atom is 0.270 e. The molecule has 2 heterocycles. The highest BCUT2D eigenvalue weighted by Gasteiger charge is 2.21. The minimum Gasteiger partial charge on any atom is -0.390 e. The van der Waals surface area contributed by atoms with E-state index in [1.54, 1.807) is 13.3 Å². The molecule has 0 bridgehead atoms. The monoisotopic (exact) mass is 299 g/mol. The van der Waals surface area contributed by atoms with Crippen molar-refractivity contribution in [3.8, 4) is 0 Å². The Bertz CT molecular complexity index is 709. The summed E-state index contributed by atoms with van der Waals surface area (Å²) in [4.78, 5) is 21.7. The molecule has 1 aromatic carbocycles. The number of carbonyl (C=O) groups is 1. The Kier molecular flexibility index (Phi) is 4.29. The van der Waals surface area contributed by atoms with Gasteiger partial charge in [-0.15, -0.1) is 0 Å². The molecule has 1 N–H and O–H groups in total. The van der Waals surface area contributed by atoms with Crippen LogP contribution in [0.1, 0.15) is 16.9 Å². The fourth-order valence-electron chi connectivity index (χ4n) is 2.43. The lowest BCUT2D eigenvalue weighted by Crippen LogP contribution is -2.30. The summed E-state index contributed by atoms with van der Waals surface area (Å²) >= 11 is 0. The summed E-state index contributed by atoms with van der Waals surface area (Å²) in [5.41, 5.74) is 1.22. The molecule has 0 saturated carbocycles. The zero-order chi connectivity index (χ0) is 15.4. The van der Waals surface area contributed by atoms with Gasteiger partial charge in [-0.05, 0) is 11.5 Å². The second-order valence-corrected chi connectivity index (χ2v) is 5.11. The van der Waals surface area contributed by atoms with Crippen LogP contribution in [0.25, 0.3) is 10.8 Å². The van der Waals surface area contributed by atoms with E-state index in [0.717, 1.165) is 16.5 Å². The molecule has 6 heteroatoms. The van der Waals surface area contributed by atoms with Crippen molar-refractivity contribution in [2.75, 3.05) is 20.3 Å². The van der Waals surface area contributed by atoms with Crippen LogP contribution in [-0.4, -0.2) is 43.0 Å². The average Bonchev–Trinajstić information content (AvgIpc) is 3.00. The number of rotatable bonds is 5. The quantitative estimate of drug-likeness (QED) is 0.913. The third kappa shape index (κ3) is 3.07. The zero-order valence-corrected chi connectivity index (χ0v) is 12.3. The topological polar surface area (TPSA) is 72.8 Å². The summed E-state index contributed by atoms with van der Waals surface area (Å²) in [7, 11) is 1.62. The van der Waals surface area contributed by atoms with Gasteiger partial charge in [0.1, 0.15) is 5.69 Å². The van der Waals surface area contributed by atoms with Crippen LogP contribution in [0.4, 0.5) is 0 Å². The molecule has 0 aliphatic carbocycles. The summed E-state index contributed by atoms with van der Waals surface area (Å²) in [6, 6.07) is 9.56. The van der Waals surface area contributed by atoms with E-state index in [-0.39, 0.29) is 12.0 Å². The first-order valence-electron chi connectivity index (χ1n) is 7.10. The normalized spacial score (nSPS) is 17.1. The SMILES string of the molecule is COCC1CC(CNC(=O)c2nccc3ccccc23)=NO1. The number of methoxy groups -OCH3 is 1. The summed E-state index contributed by atoms with van der Waals surface area (Å²) in [6.07, 6.45) is 2.24. The van der Waals surface area contributed by atoms with Crippen molar-refractivity contribution < 1.29 is 14.4 Å². The molecule has 1 aliphatic rings. The van der Waals surface area contributed by atoms with E-state index in [0.29, 0.717) is 25.3 Å². The van der Waals surface area contributed by atoms with Crippen LogP contribution in [0.3, 0.4) is 0 Å². The van der Waals surface area contributed by atoms with E-state index in [1.165, 1.54) is 0 Å². The van der Waals surface area contributed by atoms with Gasteiger partial charge in [-0.1, -0.05) is 29.4 Å². The number of benzene rings is 1. The van der Waals surface area contributed by atoms with Crippen LogP contribution in [0.5, 0.6) is 0 Å². The van der Waals surface area contributed by atoms with Crippen LogP contribution in [-0.2, 0) is 9.57 Å². The minimum absolute atomic E-state index is 0.0624. The van der Waals surface area contributed by atoms with Gasteiger partial charge < -0.3 is 14.9 Å². The molecule has 0 radical (unpaired) electrons. The predicted molar refractivity (Wildman–Crippen MR) is 82.9 cm³/mol. The summed E-state index contributed by atoms with van der Waals surface area (Å²) in [5.74, 6) is -0.213. The van der Waals surface area contributed by atoms with Crippen molar-refractivity contribution in [1.29, 1.82) is 0 Å². The van der Waals surface area contributed by atoms with Crippen LogP contribution < -0.4 is 5.32 Å². The molecule has 1 amide bonds. The number of ether oxygens (including phenoxy) is 1. The molecule has 1 unspecified atom stereocenters. The maximum absolute atomic E-state index is 12.3. The molecule has 1 aliphatic heterocycles. The molecule has 1 aromatic heterocycles. The highest BCUT2D eigenvalue weighted by atomic mass is 16.7. The second-order valence-electron chi connectivity index (χ2n) is 5.11. The maximum atomic E-state index is 12.3. The number of nitrogens with zero attached hydrogens (tertiary/aromatic N) is 2. The van der Waals surface area contributed by atoms with Crippen LogP contribution >= 0.6 is 0 Å². The van der Waals surface area contributed by atoms with Crippen molar-refractivity contribution in [2.45, 2.75) is 12.5 Å². The number of amides is 1. The summed E-state index contributed by atoms with van der Waals surface area (Å²) in [6.45, 7) is 0.843. The van der Waals surface area contributed by atoms with Gasteiger partial charge in [0, 0.05) is 25.1 Å². The average molecular weight is 299 g/mol. The minimum atomic E-state index is -0.213. The Morgan fingerprint density at radius 3 is 3.14 bits per heavy atom. The first kappa shape index (κ1) is 14.5. The smallest absolute Gasteiger partial charge is 0.270 e. The van der Waals surface area contributed by atoms with Gasteiger partial charge in [0.25, 0.3) is 5.91 Å². The second kappa shape index (κ2) is 6.53. The molecule has 0 fully saturated rings. The molecule has 0 saturated heterocycles. The fourth-order valence-corrected chi connectivity index (χ4v) is 2.43. The molecule has 114 valence electrons. The highest BCUT2D eigenvalue weighted by Crippen LogP contribution is 2.16. The summed E-state index contributed by atoms with van der Waals surface area (Å²) < 4.78 is 5.02. The third-order valence-corrected chi connectivity index (χ3v) is 3.49. The standard InChI is InChI=1S/C16H17N3O3/c1-21-10-13-8-12(19-22-13)9-18-16(20)15-14-5-3-2-4-11(14)6-7-17-15/h2-7,13H,8-10H2,1H3,(H,18,20). The summed E-state index contributed by atoms with van der Waals surface area (Å²) in [5, 5.41) is 8.64. The Labute approximate surface area is 128 Å². The molecular weight excluding hydrogens is 282 g/mol. The van der Waals surface area contributed by atoms with E-state index in [4.69, 9.17) is 9.57 Å². The lowest BCUT2D eigenvalue weighted by molar-refractivity contribution is 0.0208. The number of aromatic nitrogens is 1. The zero-order valence-electron chi connectivity index (χ0n) is 12.3. The number of oxime groups is 1. The number of carbonyl (C=O) groups excluding carboxylic acids is 1. The van der Waals surface area contributed by atoms with Gasteiger partial charge in [0.2, 0.25) is 0 Å². The lowest BCUT2D eigenvalue weighted by Gasteiger charge is -2.07. The lowest BCUT2D eigenvalue weighted by atomic mass is 10.1. The van der Waals surface area contributed by atoms with Crippen LogP contribution in [0, 0.1) is 0 Å². The molecule has 2 aromatic rings. The van der Waals surface area contributed by atoms with E-state index in [2.05, 4.69) is 15.5 Å². The van der Waals surface area contributed by atoms with E-state index >= 15 is 0 Å². The van der Waals surface area contributed by atoms with E-state index in [1.807, 2.05) is 30.3 Å². The van der Waals surface area contributed by atoms with E-state index < -0.39 is 0 Å². The van der Waals surface area contributed by atoms with Gasteiger partial charge in [0.15, 0.2) is 6.10 Å². The highest BCUT2D eigenvalue weighted by molar-refractivity contribution is 6.06. The van der Waals surface area contributed by atoms with Crippen molar-refractivity contribution in [1.82, 2.24) is 10.3 Å². The van der Waals surface area contributed by atoms with E-state index in [9.17, 15) is 4.79 Å². The van der Waals surface area contributed by atoms with Gasteiger partial charge in [-0.2, -0.15) is 0 Å². The number of hydrogen-bond donors (Lipinski definition) is 1. The Morgan fingerprint density at radius 2 is 2.27 bits per heavy atom. The molecule has 3 rings (SSSR count). The molecular formula is C16H17N3O3. The Morgan fingerprint density at radius 1 is 1.41 bits per heavy atom. The van der Waals surface area contributed by atoms with Crippen molar-refractivity contribution in [3.63, 3.8) is 0 Å². The van der Waals surface area contributed by atoms with Crippen LogP contribution in [0.2, 0.25) is 0 Å². The Hall–Kier alpha value is -2.47. The third-order valence-electron chi connectivity index (χ3n) is 3.49. The van der Waals surface area contributed by atoms with Crippen molar-refractivity contribution >= 4 is 22.4 Å². The number of nitrogens with one attached hydrogen (secondary N) is 1. The molecule has 6 nitrogen and oxygen atoms in total. The van der Waals surface area contributed by atoms with Gasteiger partial charge >= 0.3 is 0 Å². The van der Waals surface area contributed by atoms with Crippen LogP contribution in [0.15, 0.2) is 41.7 Å². The molecule has 0 spiro atoms. The first-order chi connectivity index (χ1) is 10.8. The van der Waals surface area contributed by atoms with Crippen molar-refractivity contribution in [3.05, 3.63) is 42.2 Å². The fraction of sp³-hybridized carbons (Fsp3) is 0.312. The predicted octanol–water partition coefficient (Wildman–Crippen LogP) is 1.76. The molecule has 1 atom stereocenters. The molecule has 22 heavy (non-hydrogen) atoms. The van der Waals surface area contributed by atoms with Gasteiger partial charge in [0.05, 0.1) is 18.9 Å². The number of fused-ring (bicyclic) bond motifs is 1. The number of pyridine rings is 1. The number of hydrogen-bond acceptors (Lipinski definition) is 5. The largest absolute Gasteiger partial charge is 0.390 e. The van der Waals surface area contributed by atoms with Gasteiger partial charge in [-0.25, -0.2) is 0 Å². The van der Waals surface area contributed by atoms with Crippen molar-refractivity contribution in [2.24, 2.45) is 5.16 Å². The first-order valence-corrected chi connectivity index (χ1v) is 7.10. The van der Waals surface area contributed by atoms with Gasteiger partial charge in [-0.3, -0.25) is 9.78 Å². The Balaban J connectivity index is 1.65.